The van der Waals surface area contributed by atoms with E-state index in [2.05, 4.69) is 0 Å². The second-order valence-electron chi connectivity index (χ2n) is 6.86. The monoisotopic (exact) mass is 292 g/mol. The van der Waals surface area contributed by atoms with E-state index in [1.807, 2.05) is 44.2 Å². The maximum atomic E-state index is 12.2. The van der Waals surface area contributed by atoms with Crippen LogP contribution in [-0.2, 0) is 20.9 Å². The molecule has 0 saturated heterocycles. The fourth-order valence-electron chi connectivity index (χ4n) is 2.66. The Morgan fingerprint density at radius 2 is 1.67 bits per heavy atom. The second-order valence-corrected chi connectivity index (χ2v) is 6.86. The summed E-state index contributed by atoms with van der Waals surface area (Å²) in [6.07, 6.45) is 0.488. The molecule has 0 radical (unpaired) electrons. The summed E-state index contributed by atoms with van der Waals surface area (Å²) >= 11 is 0. The Morgan fingerprint density at radius 1 is 1.10 bits per heavy atom. The van der Waals surface area contributed by atoms with E-state index in [1.165, 1.54) is 0 Å². The maximum absolute atomic E-state index is 12.2. The van der Waals surface area contributed by atoms with Crippen molar-refractivity contribution in [1.29, 1.82) is 0 Å². The van der Waals surface area contributed by atoms with Crippen molar-refractivity contribution < 1.29 is 19.4 Å². The zero-order valence-electron chi connectivity index (χ0n) is 13.2. The second kappa shape index (κ2) is 6.74. The average Bonchev–Trinajstić information content (AvgIpc) is 2.34. The van der Waals surface area contributed by atoms with Gasteiger partial charge in [-0.25, -0.2) is 0 Å². The molecule has 1 rings (SSSR count). The summed E-state index contributed by atoms with van der Waals surface area (Å²) in [6, 6.07) is 9.49. The Hall–Kier alpha value is -1.84. The highest BCUT2D eigenvalue weighted by Crippen LogP contribution is 2.37. The number of benzene rings is 1. The minimum Gasteiger partial charge on any atom is -0.481 e. The molecular formula is C17H24O4. The number of carbonyl (C=O) groups is 2. The highest BCUT2D eigenvalue weighted by atomic mass is 16.5. The first-order valence-corrected chi connectivity index (χ1v) is 7.05. The number of hydrogen-bond acceptors (Lipinski definition) is 3. The third kappa shape index (κ3) is 5.98. The van der Waals surface area contributed by atoms with Gasteiger partial charge in [0.2, 0.25) is 0 Å². The van der Waals surface area contributed by atoms with Crippen LogP contribution < -0.4 is 0 Å². The molecule has 0 bridgehead atoms. The molecule has 0 heterocycles. The van der Waals surface area contributed by atoms with Crippen molar-refractivity contribution in [2.24, 2.45) is 10.8 Å². The SMILES string of the molecule is CC(C)(CC(=O)O)CC(C)(C)C(=O)OCc1ccccc1. The van der Waals surface area contributed by atoms with Crippen LogP contribution in [0.5, 0.6) is 0 Å². The molecule has 1 aromatic carbocycles. The van der Waals surface area contributed by atoms with Crippen LogP contribution in [0.4, 0.5) is 0 Å². The zero-order valence-corrected chi connectivity index (χ0v) is 13.2. The smallest absolute Gasteiger partial charge is 0.311 e. The summed E-state index contributed by atoms with van der Waals surface area (Å²) in [5.41, 5.74) is -0.235. The van der Waals surface area contributed by atoms with Gasteiger partial charge < -0.3 is 9.84 Å². The molecule has 0 spiro atoms. The van der Waals surface area contributed by atoms with E-state index in [-0.39, 0.29) is 19.0 Å². The molecule has 4 nitrogen and oxygen atoms in total. The normalized spacial score (nSPS) is 12.0. The van der Waals surface area contributed by atoms with Gasteiger partial charge in [0.1, 0.15) is 6.61 Å². The van der Waals surface area contributed by atoms with Crippen LogP contribution in [0, 0.1) is 10.8 Å². The number of aliphatic carboxylic acids is 1. The highest BCUT2D eigenvalue weighted by molar-refractivity contribution is 5.76. The van der Waals surface area contributed by atoms with E-state index in [0.29, 0.717) is 6.42 Å². The quantitative estimate of drug-likeness (QED) is 0.779. The van der Waals surface area contributed by atoms with Gasteiger partial charge in [-0.1, -0.05) is 44.2 Å². The van der Waals surface area contributed by atoms with Crippen LogP contribution in [0.3, 0.4) is 0 Å². The zero-order chi connectivity index (χ0) is 16.1. The molecule has 21 heavy (non-hydrogen) atoms. The molecule has 0 fully saturated rings. The van der Waals surface area contributed by atoms with Crippen LogP contribution in [0.25, 0.3) is 0 Å². The lowest BCUT2D eigenvalue weighted by Gasteiger charge is -2.32. The minimum atomic E-state index is -0.853. The summed E-state index contributed by atoms with van der Waals surface area (Å²) in [4.78, 5) is 23.1. The molecule has 0 aliphatic rings. The molecule has 1 N–H and O–H groups in total. The number of rotatable bonds is 7. The van der Waals surface area contributed by atoms with Gasteiger partial charge in [0, 0.05) is 0 Å². The Labute approximate surface area is 126 Å². The summed E-state index contributed by atoms with van der Waals surface area (Å²) in [5.74, 6) is -1.15. The molecular weight excluding hydrogens is 268 g/mol. The van der Waals surface area contributed by atoms with Crippen molar-refractivity contribution in [3.63, 3.8) is 0 Å². The van der Waals surface area contributed by atoms with Gasteiger partial charge in [0.15, 0.2) is 0 Å². The molecule has 0 atom stereocenters. The van der Waals surface area contributed by atoms with Crippen LogP contribution in [0.1, 0.15) is 46.1 Å². The number of carboxylic acids is 1. The van der Waals surface area contributed by atoms with Gasteiger partial charge in [0.05, 0.1) is 11.8 Å². The maximum Gasteiger partial charge on any atom is 0.311 e. The van der Waals surface area contributed by atoms with Crippen LogP contribution in [-0.4, -0.2) is 17.0 Å². The van der Waals surface area contributed by atoms with Crippen LogP contribution >= 0.6 is 0 Å². The van der Waals surface area contributed by atoms with Gasteiger partial charge in [-0.3, -0.25) is 9.59 Å². The van der Waals surface area contributed by atoms with Crippen molar-refractivity contribution in [1.82, 2.24) is 0 Å². The fourth-order valence-corrected chi connectivity index (χ4v) is 2.66. The molecule has 1 aromatic rings. The Bertz CT molecular complexity index is 489. The summed E-state index contributed by atoms with van der Waals surface area (Å²) in [5, 5.41) is 8.92. The standard InChI is InChI=1S/C17H24O4/c1-16(2,10-14(18)19)12-17(3,4)15(20)21-11-13-8-6-5-7-9-13/h5-9H,10-12H2,1-4H3,(H,18,19). The highest BCUT2D eigenvalue weighted by Gasteiger charge is 2.37. The Balaban J connectivity index is 2.60. The van der Waals surface area contributed by atoms with Gasteiger partial charge >= 0.3 is 11.9 Å². The third-order valence-electron chi connectivity index (χ3n) is 3.32. The third-order valence-corrected chi connectivity index (χ3v) is 3.32. The lowest BCUT2D eigenvalue weighted by molar-refractivity contribution is -0.158. The van der Waals surface area contributed by atoms with Crippen LogP contribution in [0.2, 0.25) is 0 Å². The lowest BCUT2D eigenvalue weighted by Crippen LogP contribution is -2.33. The van der Waals surface area contributed by atoms with E-state index < -0.39 is 16.8 Å². The topological polar surface area (TPSA) is 63.6 Å². The average molecular weight is 292 g/mol. The van der Waals surface area contributed by atoms with Crippen LogP contribution in [0.15, 0.2) is 30.3 Å². The van der Waals surface area contributed by atoms with E-state index in [1.54, 1.807) is 13.8 Å². The first-order valence-electron chi connectivity index (χ1n) is 7.05. The molecule has 0 unspecified atom stereocenters. The van der Waals surface area contributed by atoms with Gasteiger partial charge in [-0.05, 0) is 31.2 Å². The predicted molar refractivity (Wildman–Crippen MR) is 80.7 cm³/mol. The number of hydrogen-bond donors (Lipinski definition) is 1. The minimum absolute atomic E-state index is 0.0302. The number of carboxylic acid groups (broad SMARTS) is 1. The molecule has 0 saturated carbocycles. The fraction of sp³-hybridized carbons (Fsp3) is 0.529. The van der Waals surface area contributed by atoms with E-state index in [9.17, 15) is 9.59 Å². The number of ether oxygens (including phenoxy) is 1. The van der Waals surface area contributed by atoms with Crippen molar-refractivity contribution in [2.45, 2.75) is 47.1 Å². The van der Waals surface area contributed by atoms with Crippen molar-refractivity contribution in [2.75, 3.05) is 0 Å². The number of esters is 1. The molecule has 116 valence electrons. The molecule has 0 aromatic heterocycles. The lowest BCUT2D eigenvalue weighted by atomic mass is 9.73. The first kappa shape index (κ1) is 17.2. The summed E-state index contributed by atoms with van der Waals surface area (Å²) < 4.78 is 5.36. The van der Waals surface area contributed by atoms with E-state index in [4.69, 9.17) is 9.84 Å². The predicted octanol–water partition coefficient (Wildman–Crippen LogP) is 3.65. The van der Waals surface area contributed by atoms with Crippen molar-refractivity contribution >= 4 is 11.9 Å². The molecule has 0 amide bonds. The van der Waals surface area contributed by atoms with Crippen molar-refractivity contribution in [3.8, 4) is 0 Å². The molecule has 4 heteroatoms. The van der Waals surface area contributed by atoms with E-state index >= 15 is 0 Å². The largest absolute Gasteiger partial charge is 0.481 e. The Morgan fingerprint density at radius 3 is 2.19 bits per heavy atom. The molecule has 0 aliphatic carbocycles. The van der Waals surface area contributed by atoms with Crippen molar-refractivity contribution in [3.05, 3.63) is 35.9 Å². The Kier molecular flexibility index (Phi) is 5.53. The molecule has 0 aliphatic heterocycles. The van der Waals surface area contributed by atoms with Gasteiger partial charge in [-0.2, -0.15) is 0 Å². The van der Waals surface area contributed by atoms with Gasteiger partial charge in [0.25, 0.3) is 0 Å². The first-order chi connectivity index (χ1) is 9.62. The number of carbonyl (C=O) groups excluding carboxylic acids is 1. The van der Waals surface area contributed by atoms with Gasteiger partial charge in [-0.15, -0.1) is 0 Å². The summed E-state index contributed by atoms with van der Waals surface area (Å²) in [7, 11) is 0. The summed E-state index contributed by atoms with van der Waals surface area (Å²) in [6.45, 7) is 7.54. The van der Waals surface area contributed by atoms with E-state index in [0.717, 1.165) is 5.56 Å².